The van der Waals surface area contributed by atoms with E-state index in [0.717, 1.165) is 27.2 Å². The first-order chi connectivity index (χ1) is 9.65. The minimum atomic E-state index is 0.716. The quantitative estimate of drug-likeness (QED) is 0.731. The van der Waals surface area contributed by atoms with Crippen molar-refractivity contribution in [3.05, 3.63) is 59.0 Å². The van der Waals surface area contributed by atoms with Gasteiger partial charge in [0, 0.05) is 29.8 Å². The van der Waals surface area contributed by atoms with Gasteiger partial charge in [-0.1, -0.05) is 12.1 Å². The van der Waals surface area contributed by atoms with Crippen molar-refractivity contribution in [2.45, 2.75) is 6.92 Å². The van der Waals surface area contributed by atoms with E-state index in [4.69, 9.17) is 5.73 Å². The van der Waals surface area contributed by atoms with E-state index in [1.807, 2.05) is 54.2 Å². The van der Waals surface area contributed by atoms with Gasteiger partial charge in [-0.3, -0.25) is 4.57 Å². The Morgan fingerprint density at radius 2 is 2.05 bits per heavy atom. The fourth-order valence-corrected chi connectivity index (χ4v) is 2.72. The normalized spacial score (nSPS) is 10.7. The maximum absolute atomic E-state index is 5.84. The molecule has 0 atom stereocenters. The van der Waals surface area contributed by atoms with E-state index in [1.165, 1.54) is 0 Å². The van der Waals surface area contributed by atoms with Crippen LogP contribution in [0.2, 0.25) is 0 Å². The molecule has 2 heterocycles. The number of hydrogen-bond donors (Lipinski definition) is 1. The molecule has 100 valence electrons. The summed E-state index contributed by atoms with van der Waals surface area (Å²) >= 11 is 3.55. The molecule has 0 aliphatic carbocycles. The van der Waals surface area contributed by atoms with Crippen LogP contribution in [-0.4, -0.2) is 14.5 Å². The van der Waals surface area contributed by atoms with Gasteiger partial charge in [-0.2, -0.15) is 0 Å². The second-order valence-electron chi connectivity index (χ2n) is 4.56. The van der Waals surface area contributed by atoms with Gasteiger partial charge < -0.3 is 5.73 Å². The van der Waals surface area contributed by atoms with Gasteiger partial charge in [-0.15, -0.1) is 0 Å². The first kappa shape index (κ1) is 12.9. The van der Waals surface area contributed by atoms with E-state index in [1.54, 1.807) is 6.20 Å². The van der Waals surface area contributed by atoms with Gasteiger partial charge in [0.1, 0.15) is 5.82 Å². The van der Waals surface area contributed by atoms with Crippen LogP contribution in [0.15, 0.2) is 53.4 Å². The molecule has 0 spiro atoms. The van der Waals surface area contributed by atoms with Crippen LogP contribution in [-0.2, 0) is 0 Å². The molecule has 0 aliphatic heterocycles. The Morgan fingerprint density at radius 1 is 1.20 bits per heavy atom. The molecule has 0 saturated carbocycles. The summed E-state index contributed by atoms with van der Waals surface area (Å²) in [6, 6.07) is 9.70. The lowest BCUT2D eigenvalue weighted by molar-refractivity contribution is 0.988. The molecule has 0 amide bonds. The van der Waals surface area contributed by atoms with Crippen LogP contribution in [0.4, 0.5) is 5.69 Å². The summed E-state index contributed by atoms with van der Waals surface area (Å²) in [7, 11) is 0. The second-order valence-corrected chi connectivity index (χ2v) is 5.42. The molecule has 3 aromatic rings. The van der Waals surface area contributed by atoms with Gasteiger partial charge >= 0.3 is 0 Å². The minimum absolute atomic E-state index is 0.716. The number of hydrogen-bond acceptors (Lipinski definition) is 3. The highest BCUT2D eigenvalue weighted by atomic mass is 79.9. The van der Waals surface area contributed by atoms with Gasteiger partial charge in [-0.05, 0) is 46.6 Å². The third kappa shape index (κ3) is 2.32. The molecule has 0 bridgehead atoms. The number of pyridine rings is 1. The number of rotatable bonds is 2. The third-order valence-electron chi connectivity index (χ3n) is 2.97. The number of nitrogens with two attached hydrogens (primary N) is 1. The largest absolute Gasteiger partial charge is 0.399 e. The van der Waals surface area contributed by atoms with Crippen molar-refractivity contribution in [1.82, 2.24) is 14.5 Å². The van der Waals surface area contributed by atoms with Crippen molar-refractivity contribution in [3.63, 3.8) is 0 Å². The molecule has 2 N–H and O–H groups in total. The Morgan fingerprint density at radius 3 is 2.80 bits per heavy atom. The average Bonchev–Trinajstić information content (AvgIpc) is 2.87. The first-order valence-corrected chi connectivity index (χ1v) is 6.96. The van der Waals surface area contributed by atoms with Crippen LogP contribution in [0.5, 0.6) is 0 Å². The Hall–Kier alpha value is -2.14. The fraction of sp³-hybridized carbons (Fsp3) is 0.0667. The third-order valence-corrected chi connectivity index (χ3v) is 3.56. The Bertz CT molecular complexity index is 764. The van der Waals surface area contributed by atoms with E-state index < -0.39 is 0 Å². The summed E-state index contributed by atoms with van der Waals surface area (Å²) in [5.41, 5.74) is 8.62. The summed E-state index contributed by atoms with van der Waals surface area (Å²) in [6.45, 7) is 2.01. The zero-order valence-electron chi connectivity index (χ0n) is 10.9. The maximum atomic E-state index is 5.84. The lowest BCUT2D eigenvalue weighted by atomic mass is 10.2. The number of benzene rings is 1. The van der Waals surface area contributed by atoms with E-state index in [2.05, 4.69) is 25.9 Å². The highest BCUT2D eigenvalue weighted by Gasteiger charge is 2.11. The van der Waals surface area contributed by atoms with Gasteiger partial charge in [0.2, 0.25) is 0 Å². The molecular weight excluding hydrogens is 316 g/mol. The lowest BCUT2D eigenvalue weighted by Gasteiger charge is -2.10. The smallest absolute Gasteiger partial charge is 0.152 e. The molecule has 0 radical (unpaired) electrons. The number of anilines is 1. The van der Waals surface area contributed by atoms with Gasteiger partial charge in [0.15, 0.2) is 5.82 Å². The Labute approximate surface area is 125 Å². The van der Waals surface area contributed by atoms with Gasteiger partial charge in [0.05, 0.1) is 4.47 Å². The predicted molar refractivity (Wildman–Crippen MR) is 83.6 cm³/mol. The van der Waals surface area contributed by atoms with Crippen LogP contribution in [0.1, 0.15) is 5.56 Å². The van der Waals surface area contributed by atoms with E-state index in [-0.39, 0.29) is 0 Å². The monoisotopic (exact) mass is 328 g/mol. The highest BCUT2D eigenvalue weighted by Crippen LogP contribution is 2.26. The molecule has 0 aliphatic rings. The molecule has 2 aromatic heterocycles. The molecule has 0 unspecified atom stereocenters. The van der Waals surface area contributed by atoms with Crippen LogP contribution in [0, 0.1) is 6.92 Å². The molecule has 5 heteroatoms. The van der Waals surface area contributed by atoms with Crippen LogP contribution in [0.3, 0.4) is 0 Å². The maximum Gasteiger partial charge on any atom is 0.152 e. The van der Waals surface area contributed by atoms with Crippen molar-refractivity contribution in [3.8, 4) is 17.2 Å². The SMILES string of the molecule is Cc1cnc(-n2ccnc2-c2cccc(N)c2)c(Br)c1. The van der Waals surface area contributed by atoms with Gasteiger partial charge in [0.25, 0.3) is 0 Å². The van der Waals surface area contributed by atoms with Crippen molar-refractivity contribution >= 4 is 21.6 Å². The highest BCUT2D eigenvalue weighted by molar-refractivity contribution is 9.10. The molecular formula is C15H13BrN4. The summed E-state index contributed by atoms with van der Waals surface area (Å²) in [4.78, 5) is 8.89. The molecule has 0 fully saturated rings. The van der Waals surface area contributed by atoms with Crippen molar-refractivity contribution in [2.75, 3.05) is 5.73 Å². The molecule has 4 nitrogen and oxygen atoms in total. The number of imidazole rings is 1. The van der Waals surface area contributed by atoms with Crippen LogP contribution < -0.4 is 5.73 Å². The Balaban J connectivity index is 2.15. The average molecular weight is 329 g/mol. The number of nitrogens with zero attached hydrogens (tertiary/aromatic N) is 3. The van der Waals surface area contributed by atoms with Crippen molar-refractivity contribution in [1.29, 1.82) is 0 Å². The zero-order chi connectivity index (χ0) is 14.1. The molecule has 0 saturated heterocycles. The number of aryl methyl sites for hydroxylation is 1. The van der Waals surface area contributed by atoms with E-state index in [0.29, 0.717) is 5.69 Å². The minimum Gasteiger partial charge on any atom is -0.399 e. The zero-order valence-corrected chi connectivity index (χ0v) is 12.5. The Kier molecular flexibility index (Phi) is 3.28. The fourth-order valence-electron chi connectivity index (χ4n) is 2.07. The number of aromatic nitrogens is 3. The summed E-state index contributed by atoms with van der Waals surface area (Å²) < 4.78 is 2.87. The molecule has 20 heavy (non-hydrogen) atoms. The second kappa shape index (κ2) is 5.09. The number of halogens is 1. The van der Waals surface area contributed by atoms with Gasteiger partial charge in [-0.25, -0.2) is 9.97 Å². The number of nitrogen functional groups attached to an aromatic ring is 1. The van der Waals surface area contributed by atoms with Crippen LogP contribution in [0.25, 0.3) is 17.2 Å². The van der Waals surface area contributed by atoms with Crippen molar-refractivity contribution < 1.29 is 0 Å². The summed E-state index contributed by atoms with van der Waals surface area (Å²) in [6.07, 6.45) is 5.48. The lowest BCUT2D eigenvalue weighted by Crippen LogP contribution is -2.01. The predicted octanol–water partition coefficient (Wildman–Crippen LogP) is 3.59. The van der Waals surface area contributed by atoms with E-state index >= 15 is 0 Å². The van der Waals surface area contributed by atoms with E-state index in [9.17, 15) is 0 Å². The van der Waals surface area contributed by atoms with Crippen LogP contribution >= 0.6 is 15.9 Å². The topological polar surface area (TPSA) is 56.7 Å². The molecule has 3 rings (SSSR count). The summed E-state index contributed by atoms with van der Waals surface area (Å²) in [5.74, 6) is 1.62. The standard InChI is InChI=1S/C15H13BrN4/c1-10-7-13(16)15(19-9-10)20-6-5-18-14(20)11-3-2-4-12(17)8-11/h2-9H,17H2,1H3. The molecule has 1 aromatic carbocycles. The first-order valence-electron chi connectivity index (χ1n) is 6.17. The summed E-state index contributed by atoms with van der Waals surface area (Å²) in [5, 5.41) is 0. The van der Waals surface area contributed by atoms with Crippen molar-refractivity contribution in [2.24, 2.45) is 0 Å².